The number of likely N-dealkylation sites (N-methyl/N-ethyl adjacent to an activating group) is 2. The summed E-state index contributed by atoms with van der Waals surface area (Å²) in [6, 6.07) is -0.519. The van der Waals surface area contributed by atoms with E-state index in [2.05, 4.69) is 10.6 Å². The third-order valence-electron chi connectivity index (χ3n) is 3.83. The summed E-state index contributed by atoms with van der Waals surface area (Å²) in [7, 11) is 1.82. The van der Waals surface area contributed by atoms with E-state index in [1.807, 2.05) is 14.0 Å². The Kier molecular flexibility index (Phi) is 5.33. The number of hydrogen-bond acceptors (Lipinski definition) is 5. The topological polar surface area (TPSA) is 79.9 Å². The maximum absolute atomic E-state index is 12.7. The average Bonchev–Trinajstić information content (AvgIpc) is 2.95. The standard InChI is InChI=1S/C13H23N3O4/c1-3-15-12(17)11-8-19-5-4-16(11)13(18)9-6-20-7-10(9)14-2/h9-11,14H,3-8H2,1-2H3,(H,15,17). The Morgan fingerprint density at radius 2 is 2.05 bits per heavy atom. The van der Waals surface area contributed by atoms with Gasteiger partial charge in [0.05, 0.1) is 32.3 Å². The molecule has 7 heteroatoms. The van der Waals surface area contributed by atoms with Gasteiger partial charge in [0.15, 0.2) is 0 Å². The molecule has 0 aromatic carbocycles. The highest BCUT2D eigenvalue weighted by atomic mass is 16.5. The summed E-state index contributed by atoms with van der Waals surface area (Å²) in [4.78, 5) is 26.3. The first-order valence-electron chi connectivity index (χ1n) is 7.10. The number of hydrogen-bond donors (Lipinski definition) is 2. The molecule has 3 unspecified atom stereocenters. The van der Waals surface area contributed by atoms with Crippen molar-refractivity contribution in [1.29, 1.82) is 0 Å². The Morgan fingerprint density at radius 3 is 2.75 bits per heavy atom. The maximum atomic E-state index is 12.7. The molecule has 0 aliphatic carbocycles. The zero-order valence-corrected chi connectivity index (χ0v) is 12.1. The lowest BCUT2D eigenvalue weighted by Gasteiger charge is -2.36. The van der Waals surface area contributed by atoms with Crippen LogP contribution in [0.3, 0.4) is 0 Å². The summed E-state index contributed by atoms with van der Waals surface area (Å²) in [5, 5.41) is 5.86. The minimum Gasteiger partial charge on any atom is -0.379 e. The number of ether oxygens (including phenoxy) is 2. The van der Waals surface area contributed by atoms with Crippen molar-refractivity contribution in [2.24, 2.45) is 5.92 Å². The van der Waals surface area contributed by atoms with Gasteiger partial charge >= 0.3 is 0 Å². The molecule has 20 heavy (non-hydrogen) atoms. The molecule has 2 amide bonds. The Balaban J connectivity index is 2.07. The van der Waals surface area contributed by atoms with Crippen LogP contribution in [-0.4, -0.2) is 75.4 Å². The molecule has 2 saturated heterocycles. The van der Waals surface area contributed by atoms with Crippen molar-refractivity contribution in [2.75, 3.05) is 46.6 Å². The van der Waals surface area contributed by atoms with Gasteiger partial charge in [0, 0.05) is 19.1 Å². The van der Waals surface area contributed by atoms with Gasteiger partial charge in [-0.15, -0.1) is 0 Å². The Morgan fingerprint density at radius 1 is 1.25 bits per heavy atom. The van der Waals surface area contributed by atoms with E-state index in [-0.39, 0.29) is 30.4 Å². The molecule has 2 rings (SSSR count). The summed E-state index contributed by atoms with van der Waals surface area (Å²) in [5.74, 6) is -0.406. The van der Waals surface area contributed by atoms with E-state index in [9.17, 15) is 9.59 Å². The van der Waals surface area contributed by atoms with Crippen LogP contribution in [0.15, 0.2) is 0 Å². The maximum Gasteiger partial charge on any atom is 0.245 e. The molecule has 2 N–H and O–H groups in total. The molecular weight excluding hydrogens is 262 g/mol. The molecule has 0 aromatic rings. The third kappa shape index (κ3) is 3.11. The average molecular weight is 285 g/mol. The van der Waals surface area contributed by atoms with Crippen molar-refractivity contribution in [2.45, 2.75) is 19.0 Å². The highest BCUT2D eigenvalue weighted by Gasteiger charge is 2.40. The highest BCUT2D eigenvalue weighted by molar-refractivity contribution is 5.89. The van der Waals surface area contributed by atoms with E-state index in [4.69, 9.17) is 9.47 Å². The number of morpholine rings is 1. The molecule has 0 spiro atoms. The second-order valence-electron chi connectivity index (χ2n) is 5.06. The van der Waals surface area contributed by atoms with Gasteiger partial charge < -0.3 is 25.0 Å². The SMILES string of the molecule is CCNC(=O)C1COCCN1C(=O)C1COCC1NC. The monoisotopic (exact) mass is 285 g/mol. The van der Waals surface area contributed by atoms with Crippen molar-refractivity contribution in [3.63, 3.8) is 0 Å². The lowest BCUT2D eigenvalue weighted by molar-refractivity contribution is -0.151. The minimum atomic E-state index is -0.533. The Hall–Kier alpha value is -1.18. The molecule has 114 valence electrons. The molecular formula is C13H23N3O4. The van der Waals surface area contributed by atoms with Crippen molar-refractivity contribution in [3.05, 3.63) is 0 Å². The Bertz CT molecular complexity index is 364. The summed E-state index contributed by atoms with van der Waals surface area (Å²) in [5.41, 5.74) is 0. The predicted molar refractivity (Wildman–Crippen MR) is 72.2 cm³/mol. The van der Waals surface area contributed by atoms with Gasteiger partial charge in [-0.2, -0.15) is 0 Å². The smallest absolute Gasteiger partial charge is 0.245 e. The number of carbonyl (C=O) groups is 2. The molecule has 0 radical (unpaired) electrons. The van der Waals surface area contributed by atoms with Crippen LogP contribution in [0.1, 0.15) is 6.92 Å². The number of nitrogens with one attached hydrogen (secondary N) is 2. The van der Waals surface area contributed by atoms with Crippen molar-refractivity contribution in [1.82, 2.24) is 15.5 Å². The van der Waals surface area contributed by atoms with E-state index in [0.717, 1.165) is 0 Å². The van der Waals surface area contributed by atoms with Gasteiger partial charge in [-0.25, -0.2) is 0 Å². The molecule has 0 aromatic heterocycles. The van der Waals surface area contributed by atoms with Gasteiger partial charge in [-0.1, -0.05) is 0 Å². The number of carbonyl (C=O) groups excluding carboxylic acids is 2. The first kappa shape index (κ1) is 15.2. The molecule has 0 bridgehead atoms. The fourth-order valence-corrected chi connectivity index (χ4v) is 2.67. The molecule has 2 heterocycles. The van der Waals surface area contributed by atoms with Crippen LogP contribution in [0.25, 0.3) is 0 Å². The van der Waals surface area contributed by atoms with Gasteiger partial charge in [-0.05, 0) is 14.0 Å². The van der Waals surface area contributed by atoms with Crippen molar-refractivity contribution < 1.29 is 19.1 Å². The quantitative estimate of drug-likeness (QED) is 0.663. The van der Waals surface area contributed by atoms with Crippen LogP contribution in [0.2, 0.25) is 0 Å². The molecule has 2 fully saturated rings. The van der Waals surface area contributed by atoms with Crippen LogP contribution < -0.4 is 10.6 Å². The second kappa shape index (κ2) is 7.01. The van der Waals surface area contributed by atoms with E-state index in [1.54, 1.807) is 4.90 Å². The van der Waals surface area contributed by atoms with Crippen LogP contribution in [-0.2, 0) is 19.1 Å². The fraction of sp³-hybridized carbons (Fsp3) is 0.846. The number of amides is 2. The van der Waals surface area contributed by atoms with Gasteiger partial charge in [0.2, 0.25) is 11.8 Å². The summed E-state index contributed by atoms with van der Waals surface area (Å²) in [6.07, 6.45) is 0. The lowest BCUT2D eigenvalue weighted by Crippen LogP contribution is -2.58. The zero-order valence-electron chi connectivity index (χ0n) is 12.1. The summed E-state index contributed by atoms with van der Waals surface area (Å²) >= 11 is 0. The van der Waals surface area contributed by atoms with E-state index < -0.39 is 6.04 Å². The number of rotatable bonds is 4. The van der Waals surface area contributed by atoms with Crippen LogP contribution >= 0.6 is 0 Å². The lowest BCUT2D eigenvalue weighted by atomic mass is 10.0. The Labute approximate surface area is 119 Å². The normalized spacial score (nSPS) is 30.3. The van der Waals surface area contributed by atoms with Crippen LogP contribution in [0, 0.1) is 5.92 Å². The van der Waals surface area contributed by atoms with E-state index >= 15 is 0 Å². The van der Waals surface area contributed by atoms with Crippen molar-refractivity contribution >= 4 is 11.8 Å². The number of nitrogens with zero attached hydrogens (tertiary/aromatic N) is 1. The van der Waals surface area contributed by atoms with Crippen LogP contribution in [0.4, 0.5) is 0 Å². The zero-order chi connectivity index (χ0) is 14.5. The molecule has 2 aliphatic rings. The van der Waals surface area contributed by atoms with Gasteiger partial charge in [0.25, 0.3) is 0 Å². The van der Waals surface area contributed by atoms with Gasteiger partial charge in [0.1, 0.15) is 6.04 Å². The summed E-state index contributed by atoms with van der Waals surface area (Å²) < 4.78 is 10.7. The third-order valence-corrected chi connectivity index (χ3v) is 3.83. The van der Waals surface area contributed by atoms with E-state index in [0.29, 0.717) is 32.9 Å². The first-order valence-corrected chi connectivity index (χ1v) is 7.10. The highest BCUT2D eigenvalue weighted by Crippen LogP contribution is 2.19. The van der Waals surface area contributed by atoms with Crippen molar-refractivity contribution in [3.8, 4) is 0 Å². The molecule has 7 nitrogen and oxygen atoms in total. The van der Waals surface area contributed by atoms with Gasteiger partial charge in [-0.3, -0.25) is 9.59 Å². The first-order chi connectivity index (χ1) is 9.69. The minimum absolute atomic E-state index is 0.0141. The predicted octanol–water partition coefficient (Wildman–Crippen LogP) is -1.42. The molecule has 3 atom stereocenters. The fourth-order valence-electron chi connectivity index (χ4n) is 2.67. The summed E-state index contributed by atoms with van der Waals surface area (Å²) in [6.45, 7) is 4.52. The van der Waals surface area contributed by atoms with Crippen LogP contribution in [0.5, 0.6) is 0 Å². The van der Waals surface area contributed by atoms with E-state index in [1.165, 1.54) is 0 Å². The largest absolute Gasteiger partial charge is 0.379 e. The molecule has 2 aliphatic heterocycles. The second-order valence-corrected chi connectivity index (χ2v) is 5.06. The molecule has 0 saturated carbocycles.